The average molecular weight is 208 g/mol. The number of aromatic nitrogens is 2. The summed E-state index contributed by atoms with van der Waals surface area (Å²) in [7, 11) is 0. The fourth-order valence-corrected chi connectivity index (χ4v) is 1.27. The first kappa shape index (κ1) is 10.2. The summed E-state index contributed by atoms with van der Waals surface area (Å²) in [5.41, 5.74) is 5.70. The fourth-order valence-electron chi connectivity index (χ4n) is 1.27. The number of nitrogens with one attached hydrogen (secondary N) is 1. The van der Waals surface area contributed by atoms with E-state index in [1.165, 1.54) is 6.33 Å². The molecule has 2 atom stereocenters. The van der Waals surface area contributed by atoms with Gasteiger partial charge in [-0.1, -0.05) is 6.92 Å². The Bertz CT molecular complexity index is 331. The lowest BCUT2D eigenvalue weighted by Crippen LogP contribution is -2.14. The molecule has 5 nitrogen and oxygen atoms in total. The maximum atomic E-state index is 5.70. The number of ether oxygens (including phenoxy) is 1. The molecule has 0 saturated heterocycles. The van der Waals surface area contributed by atoms with Crippen LogP contribution >= 0.6 is 0 Å². The largest absolute Gasteiger partial charge is 0.478 e. The highest BCUT2D eigenvalue weighted by atomic mass is 16.5. The van der Waals surface area contributed by atoms with E-state index in [0.29, 0.717) is 18.5 Å². The Balaban J connectivity index is 1.93. The first-order chi connectivity index (χ1) is 7.29. The first-order valence-corrected chi connectivity index (χ1v) is 5.26. The van der Waals surface area contributed by atoms with Gasteiger partial charge in [0.05, 0.1) is 6.61 Å². The standard InChI is InChI=1S/C10H16N4O/c1-2-3-15-10-5-9(12-6-13-10)14-8-4-7(8)11/h5-8H,2-4,11H2,1H3,(H,12,13,14). The van der Waals surface area contributed by atoms with Crippen LogP contribution in [0.2, 0.25) is 0 Å². The SMILES string of the molecule is CCCOc1cc(NC2CC2N)ncn1. The molecule has 0 amide bonds. The molecule has 1 aromatic heterocycles. The zero-order valence-corrected chi connectivity index (χ0v) is 8.81. The third-order valence-corrected chi connectivity index (χ3v) is 2.27. The molecule has 0 aromatic carbocycles. The molecule has 1 aliphatic rings. The third-order valence-electron chi connectivity index (χ3n) is 2.27. The van der Waals surface area contributed by atoms with Crippen LogP contribution < -0.4 is 15.8 Å². The van der Waals surface area contributed by atoms with Crippen molar-refractivity contribution in [2.45, 2.75) is 31.8 Å². The van der Waals surface area contributed by atoms with Gasteiger partial charge in [-0.25, -0.2) is 9.97 Å². The van der Waals surface area contributed by atoms with Gasteiger partial charge in [0.1, 0.15) is 12.1 Å². The monoisotopic (exact) mass is 208 g/mol. The van der Waals surface area contributed by atoms with E-state index < -0.39 is 0 Å². The predicted molar refractivity (Wildman–Crippen MR) is 57.8 cm³/mol. The molecule has 0 bridgehead atoms. The molecule has 2 rings (SSSR count). The summed E-state index contributed by atoms with van der Waals surface area (Å²) in [6, 6.07) is 2.43. The average Bonchev–Trinajstić information content (AvgIpc) is 2.92. The number of nitrogens with zero attached hydrogens (tertiary/aromatic N) is 2. The van der Waals surface area contributed by atoms with Crippen molar-refractivity contribution in [3.8, 4) is 5.88 Å². The molecule has 0 spiro atoms. The van der Waals surface area contributed by atoms with Crippen molar-refractivity contribution in [1.29, 1.82) is 0 Å². The second-order valence-corrected chi connectivity index (χ2v) is 3.74. The molecule has 1 aliphatic carbocycles. The van der Waals surface area contributed by atoms with Crippen LogP contribution in [0.4, 0.5) is 5.82 Å². The van der Waals surface area contributed by atoms with Crippen LogP contribution in [0.5, 0.6) is 5.88 Å². The lowest BCUT2D eigenvalue weighted by atomic mass is 10.5. The number of hydrogen-bond donors (Lipinski definition) is 2. The summed E-state index contributed by atoms with van der Waals surface area (Å²) in [5.74, 6) is 1.40. The highest BCUT2D eigenvalue weighted by Gasteiger charge is 2.33. The highest BCUT2D eigenvalue weighted by molar-refractivity contribution is 5.40. The van der Waals surface area contributed by atoms with Crippen LogP contribution in [0.1, 0.15) is 19.8 Å². The van der Waals surface area contributed by atoms with Crippen molar-refractivity contribution in [2.75, 3.05) is 11.9 Å². The smallest absolute Gasteiger partial charge is 0.218 e. The minimum absolute atomic E-state index is 0.264. The number of nitrogens with two attached hydrogens (primary N) is 1. The molecule has 82 valence electrons. The van der Waals surface area contributed by atoms with Crippen LogP contribution in [0.15, 0.2) is 12.4 Å². The van der Waals surface area contributed by atoms with Crippen molar-refractivity contribution in [3.63, 3.8) is 0 Å². The Labute approximate surface area is 89.1 Å². The first-order valence-electron chi connectivity index (χ1n) is 5.26. The van der Waals surface area contributed by atoms with Crippen LogP contribution in [0.25, 0.3) is 0 Å². The van der Waals surface area contributed by atoms with Gasteiger partial charge in [-0.2, -0.15) is 0 Å². The second kappa shape index (κ2) is 4.44. The Morgan fingerprint density at radius 1 is 1.60 bits per heavy atom. The van der Waals surface area contributed by atoms with Crippen LogP contribution in [0.3, 0.4) is 0 Å². The van der Waals surface area contributed by atoms with Crippen molar-refractivity contribution in [3.05, 3.63) is 12.4 Å². The Morgan fingerprint density at radius 3 is 3.07 bits per heavy atom. The van der Waals surface area contributed by atoms with Gasteiger partial charge in [0.2, 0.25) is 5.88 Å². The Morgan fingerprint density at radius 2 is 2.40 bits per heavy atom. The molecule has 1 heterocycles. The molecule has 3 N–H and O–H groups in total. The summed E-state index contributed by atoms with van der Waals surface area (Å²) in [6.07, 6.45) is 3.48. The molecule has 1 aromatic rings. The van der Waals surface area contributed by atoms with E-state index >= 15 is 0 Å². The minimum atomic E-state index is 0.264. The van der Waals surface area contributed by atoms with Gasteiger partial charge in [0, 0.05) is 18.2 Å². The summed E-state index contributed by atoms with van der Waals surface area (Å²) in [5, 5.41) is 3.23. The van der Waals surface area contributed by atoms with Crippen molar-refractivity contribution >= 4 is 5.82 Å². The molecule has 1 saturated carbocycles. The van der Waals surface area contributed by atoms with Gasteiger partial charge in [0.25, 0.3) is 0 Å². The lowest BCUT2D eigenvalue weighted by molar-refractivity contribution is 0.305. The lowest BCUT2D eigenvalue weighted by Gasteiger charge is -2.06. The van der Waals surface area contributed by atoms with Crippen LogP contribution in [0, 0.1) is 0 Å². The van der Waals surface area contributed by atoms with E-state index in [-0.39, 0.29) is 6.04 Å². The maximum Gasteiger partial charge on any atom is 0.218 e. The zero-order valence-electron chi connectivity index (χ0n) is 8.81. The molecule has 0 aliphatic heterocycles. The van der Waals surface area contributed by atoms with E-state index in [9.17, 15) is 0 Å². The molecular weight excluding hydrogens is 192 g/mol. The number of anilines is 1. The van der Waals surface area contributed by atoms with E-state index in [0.717, 1.165) is 18.7 Å². The highest BCUT2D eigenvalue weighted by Crippen LogP contribution is 2.23. The topological polar surface area (TPSA) is 73.1 Å². The quantitative estimate of drug-likeness (QED) is 0.748. The van der Waals surface area contributed by atoms with E-state index in [4.69, 9.17) is 10.5 Å². The van der Waals surface area contributed by atoms with Crippen molar-refractivity contribution in [1.82, 2.24) is 9.97 Å². The summed E-state index contributed by atoms with van der Waals surface area (Å²) < 4.78 is 5.40. The Hall–Kier alpha value is -1.36. The Kier molecular flexibility index (Phi) is 3.01. The number of rotatable bonds is 5. The normalized spacial score (nSPS) is 23.6. The van der Waals surface area contributed by atoms with Gasteiger partial charge in [-0.3, -0.25) is 0 Å². The van der Waals surface area contributed by atoms with Crippen molar-refractivity contribution < 1.29 is 4.74 Å². The molecule has 5 heteroatoms. The van der Waals surface area contributed by atoms with Crippen molar-refractivity contribution in [2.24, 2.45) is 5.73 Å². The fraction of sp³-hybridized carbons (Fsp3) is 0.600. The molecule has 1 fully saturated rings. The van der Waals surface area contributed by atoms with Gasteiger partial charge in [-0.05, 0) is 12.8 Å². The molecular formula is C10H16N4O. The zero-order chi connectivity index (χ0) is 10.7. The molecule has 0 radical (unpaired) electrons. The van der Waals surface area contributed by atoms with Gasteiger partial charge < -0.3 is 15.8 Å². The second-order valence-electron chi connectivity index (χ2n) is 3.74. The molecule has 15 heavy (non-hydrogen) atoms. The summed E-state index contributed by atoms with van der Waals surface area (Å²) in [6.45, 7) is 2.74. The van der Waals surface area contributed by atoms with Crippen LogP contribution in [-0.2, 0) is 0 Å². The van der Waals surface area contributed by atoms with E-state index in [1.807, 2.05) is 0 Å². The number of hydrogen-bond acceptors (Lipinski definition) is 5. The maximum absolute atomic E-state index is 5.70. The van der Waals surface area contributed by atoms with Gasteiger partial charge in [0.15, 0.2) is 0 Å². The van der Waals surface area contributed by atoms with Gasteiger partial charge >= 0.3 is 0 Å². The molecule has 2 unspecified atom stereocenters. The summed E-state index contributed by atoms with van der Waals surface area (Å²) in [4.78, 5) is 8.12. The van der Waals surface area contributed by atoms with E-state index in [2.05, 4.69) is 22.2 Å². The summed E-state index contributed by atoms with van der Waals surface area (Å²) >= 11 is 0. The third kappa shape index (κ3) is 2.79. The minimum Gasteiger partial charge on any atom is -0.478 e. The predicted octanol–water partition coefficient (Wildman–Crippen LogP) is 0.777. The van der Waals surface area contributed by atoms with E-state index in [1.54, 1.807) is 6.07 Å². The van der Waals surface area contributed by atoms with Crippen LogP contribution in [-0.4, -0.2) is 28.7 Å². The van der Waals surface area contributed by atoms with Gasteiger partial charge in [-0.15, -0.1) is 0 Å².